The quantitative estimate of drug-likeness (QED) is 0.753. The molecule has 0 aliphatic rings. The molecule has 6 nitrogen and oxygen atoms in total. The van der Waals surface area contributed by atoms with E-state index >= 15 is 0 Å². The molecule has 0 radical (unpaired) electrons. The molecular formula is C17H20N4O2. The number of aromatic nitrogens is 2. The van der Waals surface area contributed by atoms with Gasteiger partial charge in [-0.1, -0.05) is 0 Å². The molecule has 3 aromatic heterocycles. The highest BCUT2D eigenvalue weighted by molar-refractivity contribution is 5.75. The normalized spacial score (nSPS) is 12.5. The third-order valence-electron chi connectivity index (χ3n) is 3.34. The summed E-state index contributed by atoms with van der Waals surface area (Å²) in [5.41, 5.74) is 1.51. The van der Waals surface area contributed by atoms with Crippen LogP contribution in [0.1, 0.15) is 6.92 Å². The Morgan fingerprint density at radius 2 is 1.83 bits per heavy atom. The van der Waals surface area contributed by atoms with E-state index < -0.39 is 0 Å². The summed E-state index contributed by atoms with van der Waals surface area (Å²) >= 11 is 0. The molecule has 23 heavy (non-hydrogen) atoms. The second kappa shape index (κ2) is 6.66. The summed E-state index contributed by atoms with van der Waals surface area (Å²) < 4.78 is 11.0. The van der Waals surface area contributed by atoms with Gasteiger partial charge in [0.25, 0.3) is 0 Å². The molecule has 0 amide bonds. The van der Waals surface area contributed by atoms with Crippen molar-refractivity contribution in [3.8, 4) is 22.8 Å². The Kier molecular flexibility index (Phi) is 4.43. The predicted octanol–water partition coefficient (Wildman–Crippen LogP) is 3.36. The molecule has 3 heterocycles. The van der Waals surface area contributed by atoms with E-state index in [-0.39, 0.29) is 6.04 Å². The van der Waals surface area contributed by atoms with Gasteiger partial charge in [0.05, 0.1) is 18.1 Å². The smallest absolute Gasteiger partial charge is 0.223 e. The lowest BCUT2D eigenvalue weighted by Crippen LogP contribution is -2.30. The minimum atomic E-state index is 0.226. The van der Waals surface area contributed by atoms with Crippen LogP contribution in [-0.2, 0) is 0 Å². The Morgan fingerprint density at radius 1 is 1.13 bits per heavy atom. The number of anilines is 1. The first-order valence-corrected chi connectivity index (χ1v) is 7.49. The average Bonchev–Trinajstić information content (AvgIpc) is 3.20. The lowest BCUT2D eigenvalue weighted by Gasteiger charge is -2.18. The number of rotatable bonds is 6. The summed E-state index contributed by atoms with van der Waals surface area (Å²) in [6, 6.07) is 7.66. The van der Waals surface area contributed by atoms with Gasteiger partial charge in [-0.15, -0.1) is 0 Å². The van der Waals surface area contributed by atoms with Gasteiger partial charge in [0, 0.05) is 18.8 Å². The van der Waals surface area contributed by atoms with Crippen LogP contribution in [0, 0.1) is 0 Å². The van der Waals surface area contributed by atoms with E-state index in [4.69, 9.17) is 8.83 Å². The summed E-state index contributed by atoms with van der Waals surface area (Å²) in [7, 11) is 4.07. The van der Waals surface area contributed by atoms with Crippen molar-refractivity contribution in [1.82, 2.24) is 14.9 Å². The van der Waals surface area contributed by atoms with Crippen molar-refractivity contribution in [3.63, 3.8) is 0 Å². The first-order chi connectivity index (χ1) is 11.1. The lowest BCUT2D eigenvalue weighted by molar-refractivity contribution is 0.391. The third kappa shape index (κ3) is 3.60. The van der Waals surface area contributed by atoms with E-state index in [1.54, 1.807) is 18.7 Å². The molecule has 1 atom stereocenters. The highest BCUT2D eigenvalue weighted by Crippen LogP contribution is 2.31. The first kappa shape index (κ1) is 15.3. The zero-order valence-electron chi connectivity index (χ0n) is 13.5. The summed E-state index contributed by atoms with van der Waals surface area (Å²) in [6.45, 7) is 2.98. The predicted molar refractivity (Wildman–Crippen MR) is 89.1 cm³/mol. The van der Waals surface area contributed by atoms with Gasteiger partial charge in [-0.2, -0.15) is 0 Å². The van der Waals surface area contributed by atoms with Crippen molar-refractivity contribution in [2.75, 3.05) is 26.0 Å². The molecule has 1 N–H and O–H groups in total. The molecule has 0 bridgehead atoms. The Balaban J connectivity index is 1.94. The highest BCUT2D eigenvalue weighted by Gasteiger charge is 2.16. The molecule has 0 saturated carbocycles. The van der Waals surface area contributed by atoms with Gasteiger partial charge >= 0.3 is 0 Å². The fourth-order valence-electron chi connectivity index (χ4n) is 2.48. The number of hydrogen-bond donors (Lipinski definition) is 1. The van der Waals surface area contributed by atoms with Crippen LogP contribution in [0.2, 0.25) is 0 Å². The number of hydrogen-bond acceptors (Lipinski definition) is 6. The van der Waals surface area contributed by atoms with Crippen LogP contribution in [0.25, 0.3) is 22.8 Å². The highest BCUT2D eigenvalue weighted by atomic mass is 16.3. The van der Waals surface area contributed by atoms with Crippen molar-refractivity contribution in [1.29, 1.82) is 0 Å². The standard InChI is InChI=1S/C17H20N4O2/c1-12(11-21(2)3)19-17-18-10-13(14-6-4-8-22-14)16(20-17)15-7-5-9-23-15/h4-10,12H,11H2,1-3H3,(H,18,19,20)/t12-/m1/s1. The topological polar surface area (TPSA) is 67.3 Å². The van der Waals surface area contributed by atoms with Crippen molar-refractivity contribution in [2.24, 2.45) is 0 Å². The maximum Gasteiger partial charge on any atom is 0.223 e. The maximum absolute atomic E-state index is 5.51. The number of likely N-dealkylation sites (N-methyl/N-ethyl adjacent to an activating group) is 1. The fourth-order valence-corrected chi connectivity index (χ4v) is 2.48. The fraction of sp³-hybridized carbons (Fsp3) is 0.294. The van der Waals surface area contributed by atoms with Gasteiger partial charge in [0.15, 0.2) is 5.76 Å². The SMILES string of the molecule is C[C@H](CN(C)C)Nc1ncc(-c2ccco2)c(-c2ccco2)n1. The second-order valence-electron chi connectivity index (χ2n) is 5.72. The van der Waals surface area contributed by atoms with E-state index in [0.29, 0.717) is 23.2 Å². The monoisotopic (exact) mass is 312 g/mol. The average molecular weight is 312 g/mol. The van der Waals surface area contributed by atoms with E-state index in [1.165, 1.54) is 0 Å². The summed E-state index contributed by atoms with van der Waals surface area (Å²) in [4.78, 5) is 11.1. The van der Waals surface area contributed by atoms with Crippen molar-refractivity contribution in [2.45, 2.75) is 13.0 Å². The molecule has 0 aliphatic carbocycles. The van der Waals surface area contributed by atoms with Crippen LogP contribution in [0.4, 0.5) is 5.95 Å². The van der Waals surface area contributed by atoms with Crippen LogP contribution < -0.4 is 5.32 Å². The molecule has 120 valence electrons. The minimum Gasteiger partial charge on any atom is -0.464 e. The van der Waals surface area contributed by atoms with E-state index in [9.17, 15) is 0 Å². The van der Waals surface area contributed by atoms with Gasteiger partial charge in [0.1, 0.15) is 11.5 Å². The molecule has 0 spiro atoms. The first-order valence-electron chi connectivity index (χ1n) is 7.49. The Hall–Kier alpha value is -2.60. The Morgan fingerprint density at radius 3 is 2.43 bits per heavy atom. The summed E-state index contributed by atoms with van der Waals surface area (Å²) in [6.07, 6.45) is 5.02. The molecule has 0 unspecified atom stereocenters. The third-order valence-corrected chi connectivity index (χ3v) is 3.34. The number of furan rings is 2. The van der Waals surface area contributed by atoms with Crippen molar-refractivity contribution < 1.29 is 8.83 Å². The zero-order chi connectivity index (χ0) is 16.2. The Bertz CT molecular complexity index is 736. The summed E-state index contributed by atoms with van der Waals surface area (Å²) in [5, 5.41) is 3.31. The molecule has 0 saturated heterocycles. The van der Waals surface area contributed by atoms with E-state index in [2.05, 4.69) is 27.1 Å². The molecule has 6 heteroatoms. The van der Waals surface area contributed by atoms with Gasteiger partial charge in [-0.05, 0) is 45.3 Å². The van der Waals surface area contributed by atoms with Crippen LogP contribution in [0.5, 0.6) is 0 Å². The lowest BCUT2D eigenvalue weighted by atomic mass is 10.1. The number of nitrogens with one attached hydrogen (secondary N) is 1. The molecular weight excluding hydrogens is 292 g/mol. The molecule has 0 aliphatic heterocycles. The Labute approximate surface area is 135 Å². The molecule has 3 rings (SSSR count). The van der Waals surface area contributed by atoms with Crippen LogP contribution in [-0.4, -0.2) is 41.5 Å². The van der Waals surface area contributed by atoms with Crippen LogP contribution in [0.15, 0.2) is 51.8 Å². The van der Waals surface area contributed by atoms with E-state index in [0.717, 1.165) is 12.1 Å². The second-order valence-corrected chi connectivity index (χ2v) is 5.72. The number of nitrogens with zero attached hydrogens (tertiary/aromatic N) is 3. The van der Waals surface area contributed by atoms with Crippen LogP contribution >= 0.6 is 0 Å². The van der Waals surface area contributed by atoms with Crippen molar-refractivity contribution in [3.05, 3.63) is 43.0 Å². The summed E-state index contributed by atoms with van der Waals surface area (Å²) in [5.74, 6) is 1.97. The largest absolute Gasteiger partial charge is 0.464 e. The molecule has 0 aromatic carbocycles. The van der Waals surface area contributed by atoms with Gasteiger partial charge < -0.3 is 19.1 Å². The maximum atomic E-state index is 5.51. The van der Waals surface area contributed by atoms with Crippen LogP contribution in [0.3, 0.4) is 0 Å². The van der Waals surface area contributed by atoms with Crippen molar-refractivity contribution >= 4 is 5.95 Å². The molecule has 0 fully saturated rings. The molecule has 3 aromatic rings. The van der Waals surface area contributed by atoms with Gasteiger partial charge in [-0.3, -0.25) is 0 Å². The van der Waals surface area contributed by atoms with E-state index in [1.807, 2.05) is 38.4 Å². The minimum absolute atomic E-state index is 0.226. The zero-order valence-corrected chi connectivity index (χ0v) is 13.5. The van der Waals surface area contributed by atoms with Gasteiger partial charge in [0.2, 0.25) is 5.95 Å². The van der Waals surface area contributed by atoms with Gasteiger partial charge in [-0.25, -0.2) is 9.97 Å².